The summed E-state index contributed by atoms with van der Waals surface area (Å²) in [6.07, 6.45) is 2.27. The molecule has 0 radical (unpaired) electrons. The molecular formula is C15H19ClN2O. The summed E-state index contributed by atoms with van der Waals surface area (Å²) in [6.45, 7) is 5.06. The molecule has 102 valence electrons. The van der Waals surface area contributed by atoms with E-state index < -0.39 is 0 Å². The third-order valence-electron chi connectivity index (χ3n) is 3.66. The standard InChI is InChI=1S/C15H19ClN2O/c16-13-3-4-15-12(10-13)11-14(17-15)2-1-5-18-6-8-19-9-7-18/h3-4,10-11,17H,1-2,5-9H2. The molecule has 4 heteroatoms. The molecule has 19 heavy (non-hydrogen) atoms. The Morgan fingerprint density at radius 2 is 2.05 bits per heavy atom. The second-order valence-corrected chi connectivity index (χ2v) is 5.52. The molecular weight excluding hydrogens is 260 g/mol. The van der Waals surface area contributed by atoms with E-state index in [9.17, 15) is 0 Å². The Kier molecular flexibility index (Phi) is 4.06. The van der Waals surface area contributed by atoms with E-state index in [0.29, 0.717) is 0 Å². The number of H-pyrrole nitrogens is 1. The van der Waals surface area contributed by atoms with Gasteiger partial charge in [0.15, 0.2) is 0 Å². The van der Waals surface area contributed by atoms with E-state index >= 15 is 0 Å². The number of ether oxygens (including phenoxy) is 1. The number of benzene rings is 1. The fraction of sp³-hybridized carbons (Fsp3) is 0.467. The van der Waals surface area contributed by atoms with Crippen molar-refractivity contribution in [3.05, 3.63) is 35.0 Å². The number of aromatic nitrogens is 1. The van der Waals surface area contributed by atoms with Crippen LogP contribution in [0.3, 0.4) is 0 Å². The van der Waals surface area contributed by atoms with Crippen molar-refractivity contribution in [3.63, 3.8) is 0 Å². The maximum atomic E-state index is 6.00. The molecule has 1 aliphatic heterocycles. The van der Waals surface area contributed by atoms with Gasteiger partial charge in [-0.15, -0.1) is 0 Å². The zero-order chi connectivity index (χ0) is 13.1. The third-order valence-corrected chi connectivity index (χ3v) is 3.90. The molecule has 1 aromatic carbocycles. The lowest BCUT2D eigenvalue weighted by atomic mass is 10.2. The number of nitrogens with zero attached hydrogens (tertiary/aromatic N) is 1. The third kappa shape index (κ3) is 3.30. The number of halogens is 1. The summed E-state index contributed by atoms with van der Waals surface area (Å²) in [6, 6.07) is 8.19. The van der Waals surface area contributed by atoms with Gasteiger partial charge in [0.1, 0.15) is 0 Å². The van der Waals surface area contributed by atoms with Crippen LogP contribution in [0.4, 0.5) is 0 Å². The number of rotatable bonds is 4. The highest BCUT2D eigenvalue weighted by atomic mass is 35.5. The van der Waals surface area contributed by atoms with Crippen LogP contribution in [0.15, 0.2) is 24.3 Å². The average molecular weight is 279 g/mol. The summed E-state index contributed by atoms with van der Waals surface area (Å²) in [5.74, 6) is 0. The summed E-state index contributed by atoms with van der Waals surface area (Å²) in [5.41, 5.74) is 2.47. The van der Waals surface area contributed by atoms with E-state index in [0.717, 1.165) is 44.3 Å². The minimum atomic E-state index is 0.798. The molecule has 0 unspecified atom stereocenters. The molecule has 3 nitrogen and oxygen atoms in total. The van der Waals surface area contributed by atoms with Gasteiger partial charge in [0, 0.05) is 34.7 Å². The number of aryl methyl sites for hydroxylation is 1. The zero-order valence-corrected chi connectivity index (χ0v) is 11.7. The quantitative estimate of drug-likeness (QED) is 0.931. The molecule has 1 N–H and O–H groups in total. The van der Waals surface area contributed by atoms with Crippen LogP contribution in [-0.4, -0.2) is 42.7 Å². The van der Waals surface area contributed by atoms with Gasteiger partial charge in [-0.3, -0.25) is 4.90 Å². The second-order valence-electron chi connectivity index (χ2n) is 5.08. The van der Waals surface area contributed by atoms with E-state index in [1.54, 1.807) is 0 Å². The highest BCUT2D eigenvalue weighted by Gasteiger charge is 2.09. The molecule has 0 amide bonds. The maximum Gasteiger partial charge on any atom is 0.0594 e. The second kappa shape index (κ2) is 5.95. The lowest BCUT2D eigenvalue weighted by Crippen LogP contribution is -2.36. The fourth-order valence-corrected chi connectivity index (χ4v) is 2.80. The van der Waals surface area contributed by atoms with Crippen LogP contribution in [-0.2, 0) is 11.2 Å². The van der Waals surface area contributed by atoms with Gasteiger partial charge in [-0.25, -0.2) is 0 Å². The first-order valence-electron chi connectivity index (χ1n) is 6.88. The summed E-state index contributed by atoms with van der Waals surface area (Å²) in [7, 11) is 0. The molecule has 1 fully saturated rings. The molecule has 1 saturated heterocycles. The molecule has 0 aliphatic carbocycles. The van der Waals surface area contributed by atoms with E-state index in [2.05, 4.69) is 16.0 Å². The van der Waals surface area contributed by atoms with Crippen LogP contribution in [0.2, 0.25) is 5.02 Å². The van der Waals surface area contributed by atoms with Crippen molar-refractivity contribution >= 4 is 22.5 Å². The van der Waals surface area contributed by atoms with Crippen LogP contribution in [0.5, 0.6) is 0 Å². The Labute approximate surface area is 118 Å². The summed E-state index contributed by atoms with van der Waals surface area (Å²) >= 11 is 6.00. The topological polar surface area (TPSA) is 28.3 Å². The van der Waals surface area contributed by atoms with Crippen molar-refractivity contribution in [2.75, 3.05) is 32.8 Å². The predicted molar refractivity (Wildman–Crippen MR) is 78.9 cm³/mol. The lowest BCUT2D eigenvalue weighted by Gasteiger charge is -2.26. The molecule has 1 aliphatic rings. The maximum absolute atomic E-state index is 6.00. The highest BCUT2D eigenvalue weighted by molar-refractivity contribution is 6.31. The number of hydrogen-bond acceptors (Lipinski definition) is 2. The Balaban J connectivity index is 1.56. The Hall–Kier alpha value is -1.03. The van der Waals surface area contributed by atoms with Gasteiger partial charge < -0.3 is 9.72 Å². The van der Waals surface area contributed by atoms with Crippen molar-refractivity contribution < 1.29 is 4.74 Å². The number of hydrogen-bond donors (Lipinski definition) is 1. The Morgan fingerprint density at radius 1 is 1.21 bits per heavy atom. The van der Waals surface area contributed by atoms with Gasteiger partial charge in [0.05, 0.1) is 13.2 Å². The van der Waals surface area contributed by atoms with Gasteiger partial charge >= 0.3 is 0 Å². The predicted octanol–water partition coefficient (Wildman–Crippen LogP) is 3.09. The molecule has 0 spiro atoms. The van der Waals surface area contributed by atoms with Gasteiger partial charge in [-0.2, -0.15) is 0 Å². The highest BCUT2D eigenvalue weighted by Crippen LogP contribution is 2.20. The van der Waals surface area contributed by atoms with Gasteiger partial charge in [0.25, 0.3) is 0 Å². The minimum absolute atomic E-state index is 0.798. The smallest absolute Gasteiger partial charge is 0.0594 e. The van der Waals surface area contributed by atoms with Gasteiger partial charge in [-0.1, -0.05) is 11.6 Å². The minimum Gasteiger partial charge on any atom is -0.379 e. The van der Waals surface area contributed by atoms with E-state index in [-0.39, 0.29) is 0 Å². The van der Waals surface area contributed by atoms with Crippen LogP contribution < -0.4 is 0 Å². The van der Waals surface area contributed by atoms with Crippen molar-refractivity contribution in [2.24, 2.45) is 0 Å². The summed E-state index contributed by atoms with van der Waals surface area (Å²) in [5, 5.41) is 2.00. The van der Waals surface area contributed by atoms with Crippen LogP contribution in [0.25, 0.3) is 10.9 Å². The van der Waals surface area contributed by atoms with Crippen LogP contribution >= 0.6 is 11.6 Å². The van der Waals surface area contributed by atoms with E-state index in [1.807, 2.05) is 18.2 Å². The van der Waals surface area contributed by atoms with Crippen molar-refractivity contribution in [2.45, 2.75) is 12.8 Å². The van der Waals surface area contributed by atoms with Gasteiger partial charge in [-0.05, 0) is 43.7 Å². The van der Waals surface area contributed by atoms with Crippen LogP contribution in [0.1, 0.15) is 12.1 Å². The van der Waals surface area contributed by atoms with Crippen molar-refractivity contribution in [1.82, 2.24) is 9.88 Å². The Bertz CT molecular complexity index is 546. The van der Waals surface area contributed by atoms with E-state index in [1.165, 1.54) is 23.0 Å². The molecule has 2 aromatic rings. The van der Waals surface area contributed by atoms with Crippen molar-refractivity contribution in [1.29, 1.82) is 0 Å². The first-order valence-corrected chi connectivity index (χ1v) is 7.26. The molecule has 2 heterocycles. The number of morpholine rings is 1. The molecule has 0 bridgehead atoms. The zero-order valence-electron chi connectivity index (χ0n) is 11.0. The molecule has 0 atom stereocenters. The fourth-order valence-electron chi connectivity index (χ4n) is 2.62. The number of aromatic amines is 1. The number of nitrogens with one attached hydrogen (secondary N) is 1. The molecule has 1 aromatic heterocycles. The first kappa shape index (κ1) is 13.0. The summed E-state index contributed by atoms with van der Waals surface area (Å²) < 4.78 is 5.36. The van der Waals surface area contributed by atoms with E-state index in [4.69, 9.17) is 16.3 Å². The van der Waals surface area contributed by atoms with Crippen LogP contribution in [0, 0.1) is 0 Å². The molecule has 0 saturated carbocycles. The molecule has 3 rings (SSSR count). The normalized spacial score (nSPS) is 17.1. The summed E-state index contributed by atoms with van der Waals surface area (Å²) in [4.78, 5) is 5.93. The SMILES string of the molecule is Clc1ccc2[nH]c(CCCN3CCOCC3)cc2c1. The average Bonchev–Trinajstić information content (AvgIpc) is 2.82. The lowest BCUT2D eigenvalue weighted by molar-refractivity contribution is 0.0374. The number of fused-ring (bicyclic) bond motifs is 1. The van der Waals surface area contributed by atoms with Crippen molar-refractivity contribution in [3.8, 4) is 0 Å². The van der Waals surface area contributed by atoms with Gasteiger partial charge in [0.2, 0.25) is 0 Å². The first-order chi connectivity index (χ1) is 9.31. The Morgan fingerprint density at radius 3 is 2.89 bits per heavy atom. The largest absolute Gasteiger partial charge is 0.379 e. The monoisotopic (exact) mass is 278 g/mol.